The summed E-state index contributed by atoms with van der Waals surface area (Å²) >= 11 is 0. The molecule has 0 atom stereocenters. The molecule has 0 unspecified atom stereocenters. The molecule has 0 spiro atoms. The van der Waals surface area contributed by atoms with Crippen molar-refractivity contribution in [3.8, 4) is 0 Å². The van der Waals surface area contributed by atoms with E-state index in [0.29, 0.717) is 19.5 Å². The number of rotatable bonds is 4. The lowest BCUT2D eigenvalue weighted by Gasteiger charge is -2.34. The molecule has 1 N–H and O–H groups in total. The third-order valence-electron chi connectivity index (χ3n) is 2.48. The Morgan fingerprint density at radius 2 is 1.86 bits per heavy atom. The lowest BCUT2D eigenvalue weighted by molar-refractivity contribution is -0.135. The SMILES string of the molecule is [O]CCCN1CCN(C(=O)CO)CC1. The quantitative estimate of drug-likeness (QED) is 0.631. The Labute approximate surface area is 83.9 Å². The van der Waals surface area contributed by atoms with E-state index in [2.05, 4.69) is 4.90 Å². The van der Waals surface area contributed by atoms with Crippen LogP contribution in [0.4, 0.5) is 0 Å². The molecule has 1 radical (unpaired) electrons. The maximum atomic E-state index is 11.1. The standard InChI is InChI=1S/C9H17N2O3/c12-7-1-2-10-3-5-11(6-4-10)9(14)8-13/h13H,1-8H2. The van der Waals surface area contributed by atoms with Crippen LogP contribution in [0.3, 0.4) is 0 Å². The second kappa shape index (κ2) is 5.95. The van der Waals surface area contributed by atoms with Crippen molar-refractivity contribution in [2.45, 2.75) is 6.42 Å². The number of hydrogen-bond donors (Lipinski definition) is 1. The van der Waals surface area contributed by atoms with Gasteiger partial charge in [-0.2, -0.15) is 0 Å². The molecule has 1 heterocycles. The van der Waals surface area contributed by atoms with Gasteiger partial charge < -0.3 is 10.0 Å². The fourth-order valence-electron chi connectivity index (χ4n) is 1.61. The van der Waals surface area contributed by atoms with Crippen LogP contribution >= 0.6 is 0 Å². The van der Waals surface area contributed by atoms with Crippen LogP contribution in [0.1, 0.15) is 6.42 Å². The van der Waals surface area contributed by atoms with E-state index < -0.39 is 6.61 Å². The fraction of sp³-hybridized carbons (Fsp3) is 0.889. The van der Waals surface area contributed by atoms with Gasteiger partial charge in [0, 0.05) is 32.7 Å². The predicted octanol–water partition coefficient (Wildman–Crippen LogP) is -1.06. The molecule has 1 rings (SSSR count). The first-order chi connectivity index (χ1) is 6.77. The normalized spacial score (nSPS) is 18.6. The Bertz CT molecular complexity index is 179. The average Bonchev–Trinajstić information content (AvgIpc) is 2.26. The van der Waals surface area contributed by atoms with Gasteiger partial charge in [0.05, 0.1) is 6.61 Å². The van der Waals surface area contributed by atoms with Crippen molar-refractivity contribution in [2.75, 3.05) is 45.9 Å². The summed E-state index contributed by atoms with van der Waals surface area (Å²) < 4.78 is 0. The second-order valence-corrected chi connectivity index (χ2v) is 3.44. The van der Waals surface area contributed by atoms with Crippen LogP contribution in [0.25, 0.3) is 0 Å². The highest BCUT2D eigenvalue weighted by molar-refractivity contribution is 5.77. The van der Waals surface area contributed by atoms with Gasteiger partial charge in [-0.3, -0.25) is 9.69 Å². The van der Waals surface area contributed by atoms with Gasteiger partial charge in [0.1, 0.15) is 6.61 Å². The number of carbonyl (C=O) groups excluding carboxylic acids is 1. The zero-order valence-corrected chi connectivity index (χ0v) is 8.31. The van der Waals surface area contributed by atoms with Gasteiger partial charge in [-0.15, -0.1) is 0 Å². The van der Waals surface area contributed by atoms with Crippen molar-refractivity contribution in [3.63, 3.8) is 0 Å². The average molecular weight is 201 g/mol. The number of nitrogens with zero attached hydrogens (tertiary/aromatic N) is 2. The molecule has 0 aromatic carbocycles. The van der Waals surface area contributed by atoms with E-state index in [-0.39, 0.29) is 12.5 Å². The molecule has 0 bridgehead atoms. The van der Waals surface area contributed by atoms with Gasteiger partial charge >= 0.3 is 0 Å². The number of aliphatic hydroxyl groups excluding tert-OH is 1. The first-order valence-corrected chi connectivity index (χ1v) is 4.97. The summed E-state index contributed by atoms with van der Waals surface area (Å²) in [4.78, 5) is 14.9. The molecule has 5 heteroatoms. The maximum Gasteiger partial charge on any atom is 0.248 e. The van der Waals surface area contributed by atoms with Crippen molar-refractivity contribution in [3.05, 3.63) is 0 Å². The summed E-state index contributed by atoms with van der Waals surface area (Å²) in [6.07, 6.45) is 0.675. The number of piperazine rings is 1. The largest absolute Gasteiger partial charge is 0.387 e. The van der Waals surface area contributed by atoms with E-state index in [1.165, 1.54) is 0 Å². The maximum absolute atomic E-state index is 11.1. The molecule has 14 heavy (non-hydrogen) atoms. The Morgan fingerprint density at radius 1 is 1.21 bits per heavy atom. The van der Waals surface area contributed by atoms with Gasteiger partial charge in [0.2, 0.25) is 5.91 Å². The second-order valence-electron chi connectivity index (χ2n) is 3.44. The Hall–Kier alpha value is -0.650. The summed E-state index contributed by atoms with van der Waals surface area (Å²) in [5, 5.41) is 18.9. The van der Waals surface area contributed by atoms with E-state index in [4.69, 9.17) is 5.11 Å². The van der Waals surface area contributed by atoms with Crippen LogP contribution in [-0.4, -0.2) is 66.8 Å². The van der Waals surface area contributed by atoms with E-state index in [0.717, 1.165) is 19.6 Å². The molecule has 0 aliphatic carbocycles. The minimum atomic E-state index is -0.402. The zero-order valence-electron chi connectivity index (χ0n) is 8.31. The minimum absolute atomic E-state index is 0.0320. The monoisotopic (exact) mass is 201 g/mol. The van der Waals surface area contributed by atoms with Gasteiger partial charge in [0.15, 0.2) is 0 Å². The topological polar surface area (TPSA) is 63.7 Å². The van der Waals surface area contributed by atoms with Crippen LogP contribution in [0.5, 0.6) is 0 Å². The highest BCUT2D eigenvalue weighted by Gasteiger charge is 2.19. The van der Waals surface area contributed by atoms with Crippen LogP contribution in [0.2, 0.25) is 0 Å². The molecular weight excluding hydrogens is 184 g/mol. The zero-order chi connectivity index (χ0) is 10.4. The van der Waals surface area contributed by atoms with Gasteiger partial charge in [-0.25, -0.2) is 5.11 Å². The minimum Gasteiger partial charge on any atom is -0.387 e. The molecular formula is C9H17N2O3. The van der Waals surface area contributed by atoms with Gasteiger partial charge in [-0.1, -0.05) is 0 Å². The molecule has 1 aliphatic heterocycles. The van der Waals surface area contributed by atoms with E-state index in [1.54, 1.807) is 4.90 Å². The van der Waals surface area contributed by atoms with Gasteiger partial charge in [-0.05, 0) is 6.42 Å². The third-order valence-corrected chi connectivity index (χ3v) is 2.48. The first kappa shape index (κ1) is 11.4. The number of amides is 1. The lowest BCUT2D eigenvalue weighted by atomic mass is 10.3. The fourth-order valence-corrected chi connectivity index (χ4v) is 1.61. The molecule has 0 aromatic rings. The first-order valence-electron chi connectivity index (χ1n) is 4.97. The van der Waals surface area contributed by atoms with Crippen molar-refractivity contribution in [1.82, 2.24) is 9.80 Å². The predicted molar refractivity (Wildman–Crippen MR) is 50.3 cm³/mol. The molecule has 5 nitrogen and oxygen atoms in total. The summed E-state index contributed by atoms with van der Waals surface area (Å²) in [7, 11) is 0. The van der Waals surface area contributed by atoms with Crippen molar-refractivity contribution >= 4 is 5.91 Å². The Morgan fingerprint density at radius 3 is 2.36 bits per heavy atom. The highest BCUT2D eigenvalue weighted by Crippen LogP contribution is 2.02. The summed E-state index contributed by atoms with van der Waals surface area (Å²) in [6.45, 7) is 3.34. The van der Waals surface area contributed by atoms with Gasteiger partial charge in [0.25, 0.3) is 0 Å². The van der Waals surface area contributed by atoms with Crippen LogP contribution in [0, 0.1) is 0 Å². The van der Waals surface area contributed by atoms with Crippen LogP contribution < -0.4 is 0 Å². The Balaban J connectivity index is 2.20. The molecule has 1 aliphatic rings. The number of hydrogen-bond acceptors (Lipinski definition) is 3. The highest BCUT2D eigenvalue weighted by atomic mass is 16.3. The Kier molecular flexibility index (Phi) is 4.86. The molecule has 1 amide bonds. The smallest absolute Gasteiger partial charge is 0.248 e. The van der Waals surface area contributed by atoms with E-state index >= 15 is 0 Å². The van der Waals surface area contributed by atoms with Crippen molar-refractivity contribution in [1.29, 1.82) is 0 Å². The summed E-state index contributed by atoms with van der Waals surface area (Å²) in [5.74, 6) is -0.200. The van der Waals surface area contributed by atoms with Crippen molar-refractivity contribution in [2.24, 2.45) is 0 Å². The number of aliphatic hydroxyl groups is 1. The van der Waals surface area contributed by atoms with E-state index in [9.17, 15) is 9.90 Å². The lowest BCUT2D eigenvalue weighted by Crippen LogP contribution is -2.49. The third kappa shape index (κ3) is 3.25. The van der Waals surface area contributed by atoms with Crippen LogP contribution in [0.15, 0.2) is 0 Å². The number of carbonyl (C=O) groups is 1. The van der Waals surface area contributed by atoms with Crippen LogP contribution in [-0.2, 0) is 9.90 Å². The molecule has 81 valence electrons. The summed E-state index contributed by atoms with van der Waals surface area (Å²) in [5.41, 5.74) is 0. The molecule has 1 fully saturated rings. The van der Waals surface area contributed by atoms with E-state index in [1.807, 2.05) is 0 Å². The van der Waals surface area contributed by atoms with Crippen molar-refractivity contribution < 1.29 is 15.0 Å². The molecule has 0 saturated carbocycles. The summed E-state index contributed by atoms with van der Waals surface area (Å²) in [6, 6.07) is 0. The molecule has 1 saturated heterocycles. The molecule has 0 aromatic heterocycles.